The van der Waals surface area contributed by atoms with E-state index in [1.54, 1.807) is 0 Å². The Morgan fingerprint density at radius 1 is 1.06 bits per heavy atom. The van der Waals surface area contributed by atoms with Gasteiger partial charge >= 0.3 is 0 Å². The second kappa shape index (κ2) is 6.35. The Morgan fingerprint density at radius 2 is 1.61 bits per heavy atom. The lowest BCUT2D eigenvalue weighted by Crippen LogP contribution is -2.33. The van der Waals surface area contributed by atoms with Gasteiger partial charge in [-0.15, -0.1) is 0 Å². The summed E-state index contributed by atoms with van der Waals surface area (Å²) < 4.78 is 0. The fourth-order valence-corrected chi connectivity index (χ4v) is 1.96. The van der Waals surface area contributed by atoms with Gasteiger partial charge in [0.25, 0.3) is 0 Å². The quantitative estimate of drug-likeness (QED) is 0.836. The summed E-state index contributed by atoms with van der Waals surface area (Å²) in [4.78, 5) is 0. The van der Waals surface area contributed by atoms with Gasteiger partial charge in [-0.05, 0) is 23.6 Å². The highest BCUT2D eigenvalue weighted by Crippen LogP contribution is 2.23. The third-order valence-corrected chi connectivity index (χ3v) is 3.26. The summed E-state index contributed by atoms with van der Waals surface area (Å²) in [7, 11) is 2.02. The summed E-state index contributed by atoms with van der Waals surface area (Å²) in [5.41, 5.74) is 2.96. The maximum atomic E-state index is 3.48. The molecule has 0 amide bonds. The summed E-state index contributed by atoms with van der Waals surface area (Å²) in [6, 6.07) is 9.87. The summed E-state index contributed by atoms with van der Waals surface area (Å²) in [5.74, 6) is 0. The first-order valence-corrected chi connectivity index (χ1v) is 6.85. The van der Waals surface area contributed by atoms with E-state index in [0.29, 0.717) is 12.1 Å². The van der Waals surface area contributed by atoms with E-state index in [1.807, 2.05) is 7.05 Å². The van der Waals surface area contributed by atoms with Crippen LogP contribution in [0.25, 0.3) is 0 Å². The molecule has 0 radical (unpaired) electrons. The predicted octanol–water partition coefficient (Wildman–Crippen LogP) is 3.24. The number of hydrogen-bond donors (Lipinski definition) is 2. The van der Waals surface area contributed by atoms with Crippen LogP contribution in [0.2, 0.25) is 0 Å². The number of nitrogens with one attached hydrogen (secondary N) is 2. The van der Waals surface area contributed by atoms with E-state index in [1.165, 1.54) is 11.1 Å². The Bertz CT molecular complexity index is 346. The van der Waals surface area contributed by atoms with Crippen molar-refractivity contribution in [2.75, 3.05) is 13.6 Å². The standard InChI is InChI=1S/C16H28N2/c1-12(2)18-11-15(17-6)13-7-9-14(10-8-13)16(3,4)5/h7-10,12,15,17-18H,11H2,1-6H3. The molecular weight excluding hydrogens is 220 g/mol. The molecular formula is C16H28N2. The van der Waals surface area contributed by atoms with E-state index in [2.05, 4.69) is 69.5 Å². The van der Waals surface area contributed by atoms with Crippen LogP contribution in [0.1, 0.15) is 51.8 Å². The number of benzene rings is 1. The molecule has 0 fully saturated rings. The van der Waals surface area contributed by atoms with Crippen molar-refractivity contribution >= 4 is 0 Å². The topological polar surface area (TPSA) is 24.1 Å². The number of likely N-dealkylation sites (N-methyl/N-ethyl adjacent to an activating group) is 1. The van der Waals surface area contributed by atoms with Crippen molar-refractivity contribution in [1.82, 2.24) is 10.6 Å². The van der Waals surface area contributed by atoms with Crippen LogP contribution in [0.3, 0.4) is 0 Å². The molecule has 0 heterocycles. The van der Waals surface area contributed by atoms with Gasteiger partial charge in [0.05, 0.1) is 0 Å². The van der Waals surface area contributed by atoms with Crippen LogP contribution < -0.4 is 10.6 Å². The molecule has 0 saturated heterocycles. The molecule has 0 bridgehead atoms. The Balaban J connectivity index is 2.76. The summed E-state index contributed by atoms with van der Waals surface area (Å²) in [6.07, 6.45) is 0. The first kappa shape index (κ1) is 15.2. The minimum absolute atomic E-state index is 0.226. The van der Waals surface area contributed by atoms with Crippen molar-refractivity contribution < 1.29 is 0 Å². The minimum atomic E-state index is 0.226. The molecule has 1 unspecified atom stereocenters. The molecule has 0 aliphatic carbocycles. The fraction of sp³-hybridized carbons (Fsp3) is 0.625. The summed E-state index contributed by atoms with van der Waals surface area (Å²) in [6.45, 7) is 12.1. The van der Waals surface area contributed by atoms with E-state index in [-0.39, 0.29) is 5.41 Å². The zero-order valence-corrected chi connectivity index (χ0v) is 12.7. The lowest BCUT2D eigenvalue weighted by atomic mass is 9.86. The van der Waals surface area contributed by atoms with Crippen molar-refractivity contribution in [3.8, 4) is 0 Å². The van der Waals surface area contributed by atoms with E-state index < -0.39 is 0 Å². The normalized spacial score (nSPS) is 13.9. The van der Waals surface area contributed by atoms with Crippen molar-refractivity contribution in [3.05, 3.63) is 35.4 Å². The van der Waals surface area contributed by atoms with Crippen molar-refractivity contribution in [1.29, 1.82) is 0 Å². The molecule has 0 aliphatic rings. The van der Waals surface area contributed by atoms with Gasteiger partial charge in [-0.2, -0.15) is 0 Å². The predicted molar refractivity (Wildman–Crippen MR) is 80.1 cm³/mol. The largest absolute Gasteiger partial charge is 0.313 e. The Morgan fingerprint density at radius 3 is 2.00 bits per heavy atom. The zero-order chi connectivity index (χ0) is 13.8. The highest BCUT2D eigenvalue weighted by molar-refractivity contribution is 5.29. The average molecular weight is 248 g/mol. The first-order chi connectivity index (χ1) is 8.34. The molecule has 2 heteroatoms. The molecule has 102 valence electrons. The van der Waals surface area contributed by atoms with Gasteiger partial charge < -0.3 is 10.6 Å². The van der Waals surface area contributed by atoms with Crippen LogP contribution in [0.15, 0.2) is 24.3 Å². The molecule has 1 rings (SSSR count). The van der Waals surface area contributed by atoms with Crippen LogP contribution >= 0.6 is 0 Å². The average Bonchev–Trinajstić information content (AvgIpc) is 2.29. The molecule has 18 heavy (non-hydrogen) atoms. The maximum Gasteiger partial charge on any atom is 0.0444 e. The van der Waals surface area contributed by atoms with Gasteiger partial charge in [0.15, 0.2) is 0 Å². The van der Waals surface area contributed by atoms with E-state index in [4.69, 9.17) is 0 Å². The molecule has 0 saturated carbocycles. The second-order valence-corrected chi connectivity index (χ2v) is 6.28. The van der Waals surface area contributed by atoms with Gasteiger partial charge in [0.2, 0.25) is 0 Å². The monoisotopic (exact) mass is 248 g/mol. The minimum Gasteiger partial charge on any atom is -0.313 e. The third-order valence-electron chi connectivity index (χ3n) is 3.26. The van der Waals surface area contributed by atoms with Crippen molar-refractivity contribution in [2.24, 2.45) is 0 Å². The lowest BCUT2D eigenvalue weighted by Gasteiger charge is -2.22. The molecule has 0 aromatic heterocycles. The Labute approximate surface area is 112 Å². The first-order valence-electron chi connectivity index (χ1n) is 6.85. The van der Waals surface area contributed by atoms with Crippen LogP contribution in [-0.2, 0) is 5.41 Å². The highest BCUT2D eigenvalue weighted by atomic mass is 15.0. The number of hydrogen-bond acceptors (Lipinski definition) is 2. The van der Waals surface area contributed by atoms with Crippen LogP contribution in [-0.4, -0.2) is 19.6 Å². The molecule has 1 atom stereocenters. The molecule has 0 aliphatic heterocycles. The van der Waals surface area contributed by atoms with E-state index >= 15 is 0 Å². The molecule has 0 spiro atoms. The molecule has 2 N–H and O–H groups in total. The smallest absolute Gasteiger partial charge is 0.0444 e. The van der Waals surface area contributed by atoms with Gasteiger partial charge in [-0.3, -0.25) is 0 Å². The van der Waals surface area contributed by atoms with Gasteiger partial charge in [-0.25, -0.2) is 0 Å². The van der Waals surface area contributed by atoms with Crippen molar-refractivity contribution in [3.63, 3.8) is 0 Å². The Kier molecular flexibility index (Phi) is 5.36. The molecule has 1 aromatic rings. The SMILES string of the molecule is CNC(CNC(C)C)c1ccc(C(C)(C)C)cc1. The maximum absolute atomic E-state index is 3.48. The zero-order valence-electron chi connectivity index (χ0n) is 12.7. The van der Waals surface area contributed by atoms with Gasteiger partial charge in [0.1, 0.15) is 0 Å². The second-order valence-electron chi connectivity index (χ2n) is 6.28. The van der Waals surface area contributed by atoms with Gasteiger partial charge in [0, 0.05) is 18.6 Å². The highest BCUT2D eigenvalue weighted by Gasteiger charge is 2.15. The van der Waals surface area contributed by atoms with Crippen LogP contribution in [0, 0.1) is 0 Å². The van der Waals surface area contributed by atoms with Gasteiger partial charge in [-0.1, -0.05) is 58.9 Å². The summed E-state index contributed by atoms with van der Waals surface area (Å²) in [5, 5.41) is 6.85. The number of rotatable bonds is 5. The van der Waals surface area contributed by atoms with E-state index in [9.17, 15) is 0 Å². The summed E-state index contributed by atoms with van der Waals surface area (Å²) >= 11 is 0. The van der Waals surface area contributed by atoms with Crippen LogP contribution in [0.5, 0.6) is 0 Å². The molecule has 2 nitrogen and oxygen atoms in total. The van der Waals surface area contributed by atoms with Crippen LogP contribution in [0.4, 0.5) is 0 Å². The van der Waals surface area contributed by atoms with E-state index in [0.717, 1.165) is 6.54 Å². The van der Waals surface area contributed by atoms with Crippen molar-refractivity contribution in [2.45, 2.75) is 52.1 Å². The molecule has 1 aromatic carbocycles. The fourth-order valence-electron chi connectivity index (χ4n) is 1.96. The Hall–Kier alpha value is -0.860. The third kappa shape index (κ3) is 4.43. The lowest BCUT2D eigenvalue weighted by molar-refractivity contribution is 0.491.